The van der Waals surface area contributed by atoms with Crippen LogP contribution in [0, 0.1) is 11.8 Å². The Morgan fingerprint density at radius 3 is 2.43 bits per heavy atom. The summed E-state index contributed by atoms with van der Waals surface area (Å²) in [6.07, 6.45) is 5.62. The first-order valence-corrected chi connectivity index (χ1v) is 13.0. The lowest BCUT2D eigenvalue weighted by Crippen LogP contribution is -2.49. The third-order valence-corrected chi connectivity index (χ3v) is 8.87. The lowest BCUT2D eigenvalue weighted by Gasteiger charge is -2.37. The number of hydrogen-bond acceptors (Lipinski definition) is 3. The zero-order chi connectivity index (χ0) is 24.4. The monoisotopic (exact) mass is 465 g/mol. The Morgan fingerprint density at radius 1 is 0.886 bits per heavy atom. The van der Waals surface area contributed by atoms with Gasteiger partial charge in [-0.15, -0.1) is 0 Å². The van der Waals surface area contributed by atoms with Gasteiger partial charge in [0.1, 0.15) is 11.2 Å². The average Bonchev–Trinajstić information content (AvgIpc) is 3.56. The SMILES string of the molecule is CC(C)(O)C(C)(C)O[B]c1cccc2oc3ccc(-c4cccc(C5CC6CCC5C6)c4)cc3c12. The summed E-state index contributed by atoms with van der Waals surface area (Å²) >= 11 is 0. The van der Waals surface area contributed by atoms with Crippen LogP contribution in [-0.2, 0) is 4.65 Å². The molecule has 3 atom stereocenters. The van der Waals surface area contributed by atoms with Crippen molar-refractivity contribution in [2.75, 3.05) is 0 Å². The van der Waals surface area contributed by atoms with Crippen LogP contribution in [0.25, 0.3) is 33.1 Å². The molecule has 1 aromatic heterocycles. The molecule has 2 aliphatic carbocycles. The van der Waals surface area contributed by atoms with E-state index in [1.165, 1.54) is 42.4 Å². The standard InChI is InChI=1S/C31H34BO3/c1-30(2,33)31(3,4)35-32-26-9-6-10-28-29(26)25-18-21(13-14-27(25)34-28)20-7-5-8-22(17-20)24-16-19-11-12-23(24)15-19/h5-10,13-14,17-19,23-24,33H,11-12,15-16H2,1-4H3. The summed E-state index contributed by atoms with van der Waals surface area (Å²) in [4.78, 5) is 0. The van der Waals surface area contributed by atoms with Crippen molar-refractivity contribution in [2.24, 2.45) is 11.8 Å². The van der Waals surface area contributed by atoms with Gasteiger partial charge in [-0.05, 0) is 105 Å². The summed E-state index contributed by atoms with van der Waals surface area (Å²) in [6, 6.07) is 21.7. The second-order valence-electron chi connectivity index (χ2n) is 11.7. The second-order valence-corrected chi connectivity index (χ2v) is 11.7. The van der Waals surface area contributed by atoms with E-state index in [0.29, 0.717) is 0 Å². The first kappa shape index (κ1) is 22.9. The Kier molecular flexibility index (Phi) is 5.39. The topological polar surface area (TPSA) is 42.6 Å². The maximum absolute atomic E-state index is 10.5. The molecule has 2 saturated carbocycles. The van der Waals surface area contributed by atoms with E-state index in [-0.39, 0.29) is 0 Å². The molecule has 0 spiro atoms. The summed E-state index contributed by atoms with van der Waals surface area (Å²) in [5, 5.41) is 12.6. The molecule has 0 amide bonds. The van der Waals surface area contributed by atoms with E-state index < -0.39 is 11.2 Å². The van der Waals surface area contributed by atoms with Gasteiger partial charge >= 0.3 is 7.48 Å². The van der Waals surface area contributed by atoms with Crippen LogP contribution < -0.4 is 5.46 Å². The van der Waals surface area contributed by atoms with Crippen LogP contribution in [-0.4, -0.2) is 23.8 Å². The molecule has 3 unspecified atom stereocenters. The lowest BCUT2D eigenvalue weighted by molar-refractivity contribution is -0.0893. The van der Waals surface area contributed by atoms with Gasteiger partial charge in [0.15, 0.2) is 0 Å². The van der Waals surface area contributed by atoms with Gasteiger partial charge in [0.25, 0.3) is 0 Å². The van der Waals surface area contributed by atoms with Crippen molar-refractivity contribution in [1.29, 1.82) is 0 Å². The maximum Gasteiger partial charge on any atom is 0.331 e. The fourth-order valence-corrected chi connectivity index (χ4v) is 6.09. The van der Waals surface area contributed by atoms with E-state index in [0.717, 1.165) is 45.2 Å². The highest BCUT2D eigenvalue weighted by Gasteiger charge is 2.40. The molecule has 0 aliphatic heterocycles. The Labute approximate surface area is 208 Å². The molecular formula is C31H34BO3. The van der Waals surface area contributed by atoms with Crippen LogP contribution in [0.1, 0.15) is 64.9 Å². The summed E-state index contributed by atoms with van der Waals surface area (Å²) in [5.74, 6) is 2.55. The molecule has 3 nitrogen and oxygen atoms in total. The Bertz CT molecular complexity index is 1390. The number of furan rings is 1. The zero-order valence-electron chi connectivity index (χ0n) is 21.2. The predicted octanol–water partition coefficient (Wildman–Crippen LogP) is 6.97. The molecule has 4 aromatic rings. The van der Waals surface area contributed by atoms with Crippen molar-refractivity contribution in [3.8, 4) is 11.1 Å². The van der Waals surface area contributed by atoms with Gasteiger partial charge in [-0.25, -0.2) is 0 Å². The molecule has 0 saturated heterocycles. The summed E-state index contributed by atoms with van der Waals surface area (Å²) in [5.41, 5.74) is 4.92. The zero-order valence-corrected chi connectivity index (χ0v) is 21.2. The molecule has 2 fully saturated rings. The number of aliphatic hydroxyl groups is 1. The van der Waals surface area contributed by atoms with Crippen molar-refractivity contribution >= 4 is 34.9 Å². The van der Waals surface area contributed by atoms with E-state index in [1.54, 1.807) is 21.3 Å². The minimum absolute atomic E-state index is 0.727. The van der Waals surface area contributed by atoms with E-state index >= 15 is 0 Å². The summed E-state index contributed by atoms with van der Waals surface area (Å²) in [7, 11) is 1.76. The van der Waals surface area contributed by atoms with Gasteiger partial charge < -0.3 is 14.2 Å². The minimum Gasteiger partial charge on any atom is -0.456 e. The molecule has 1 N–H and O–H groups in total. The molecule has 1 heterocycles. The molecule has 4 heteroatoms. The highest BCUT2D eigenvalue weighted by molar-refractivity contribution is 6.52. The number of fused-ring (bicyclic) bond motifs is 5. The quantitative estimate of drug-likeness (QED) is 0.313. The van der Waals surface area contributed by atoms with Gasteiger partial charge in [-0.3, -0.25) is 0 Å². The Hall–Kier alpha value is -2.56. The number of hydrogen-bond donors (Lipinski definition) is 1. The van der Waals surface area contributed by atoms with E-state index in [4.69, 9.17) is 9.07 Å². The van der Waals surface area contributed by atoms with E-state index in [9.17, 15) is 5.11 Å². The Morgan fingerprint density at radius 2 is 1.69 bits per heavy atom. The number of rotatable bonds is 6. The lowest BCUT2D eigenvalue weighted by atomic mass is 9.80. The van der Waals surface area contributed by atoms with Crippen molar-refractivity contribution in [2.45, 2.75) is 70.5 Å². The first-order chi connectivity index (χ1) is 16.7. The first-order valence-electron chi connectivity index (χ1n) is 13.0. The van der Waals surface area contributed by atoms with Gasteiger partial charge in [-0.1, -0.05) is 48.9 Å². The van der Waals surface area contributed by atoms with Crippen molar-refractivity contribution in [3.05, 3.63) is 66.2 Å². The smallest absolute Gasteiger partial charge is 0.331 e. The predicted molar refractivity (Wildman–Crippen MR) is 144 cm³/mol. The molecule has 179 valence electrons. The van der Waals surface area contributed by atoms with Gasteiger partial charge in [-0.2, -0.15) is 0 Å². The molecule has 35 heavy (non-hydrogen) atoms. The number of benzene rings is 3. The molecule has 1 radical (unpaired) electrons. The van der Waals surface area contributed by atoms with Crippen LogP contribution in [0.4, 0.5) is 0 Å². The van der Waals surface area contributed by atoms with Gasteiger partial charge in [0, 0.05) is 10.8 Å². The van der Waals surface area contributed by atoms with Gasteiger partial charge in [0.05, 0.1) is 11.2 Å². The van der Waals surface area contributed by atoms with Crippen molar-refractivity contribution in [3.63, 3.8) is 0 Å². The van der Waals surface area contributed by atoms with E-state index in [1.807, 2.05) is 32.0 Å². The third kappa shape index (κ3) is 4.01. The highest BCUT2D eigenvalue weighted by Crippen LogP contribution is 2.53. The van der Waals surface area contributed by atoms with Crippen LogP contribution in [0.15, 0.2) is 65.1 Å². The Balaban J connectivity index is 1.37. The van der Waals surface area contributed by atoms with Crippen LogP contribution in [0.2, 0.25) is 0 Å². The van der Waals surface area contributed by atoms with Crippen LogP contribution in [0.3, 0.4) is 0 Å². The van der Waals surface area contributed by atoms with Crippen LogP contribution in [0.5, 0.6) is 0 Å². The largest absolute Gasteiger partial charge is 0.456 e. The normalized spacial score (nSPS) is 22.4. The fourth-order valence-electron chi connectivity index (χ4n) is 6.09. The molecule has 2 aliphatic rings. The van der Waals surface area contributed by atoms with Crippen molar-refractivity contribution in [1.82, 2.24) is 0 Å². The van der Waals surface area contributed by atoms with E-state index in [2.05, 4.69) is 42.5 Å². The minimum atomic E-state index is -0.979. The third-order valence-electron chi connectivity index (χ3n) is 8.87. The second kappa shape index (κ2) is 8.25. The van der Waals surface area contributed by atoms with Crippen molar-refractivity contribution < 1.29 is 14.2 Å². The molecule has 2 bridgehead atoms. The molecule has 3 aromatic carbocycles. The molecule has 6 rings (SSSR count). The summed E-state index contributed by atoms with van der Waals surface area (Å²) in [6.45, 7) is 7.34. The highest BCUT2D eigenvalue weighted by atomic mass is 16.5. The average molecular weight is 465 g/mol. The van der Waals surface area contributed by atoms with Gasteiger partial charge in [0.2, 0.25) is 0 Å². The summed E-state index contributed by atoms with van der Waals surface area (Å²) < 4.78 is 12.3. The van der Waals surface area contributed by atoms with Crippen LogP contribution >= 0.6 is 0 Å². The maximum atomic E-state index is 10.5. The fraction of sp³-hybridized carbons (Fsp3) is 0.419. The molecular weight excluding hydrogens is 431 g/mol.